The van der Waals surface area contributed by atoms with E-state index in [4.69, 9.17) is 9.47 Å². The van der Waals surface area contributed by atoms with Crippen LogP contribution in [0, 0.1) is 5.92 Å². The van der Waals surface area contributed by atoms with Crippen LogP contribution in [0.15, 0.2) is 42.5 Å². The number of carbonyl (C=O) groups excluding carboxylic acids is 2. The summed E-state index contributed by atoms with van der Waals surface area (Å²) < 4.78 is 10.6. The quantitative estimate of drug-likeness (QED) is 0.654. The van der Waals surface area contributed by atoms with Crippen molar-refractivity contribution in [1.82, 2.24) is 15.3 Å². The Morgan fingerprint density at radius 2 is 2.03 bits per heavy atom. The number of fused-ring (bicyclic) bond motifs is 1. The number of carbonyl (C=O) groups is 2. The Balaban J connectivity index is 1.46. The molecule has 1 fully saturated rings. The van der Waals surface area contributed by atoms with E-state index in [2.05, 4.69) is 15.3 Å². The molecule has 0 radical (unpaired) electrons. The topological polar surface area (TPSA) is 96.5 Å². The third-order valence-corrected chi connectivity index (χ3v) is 5.35. The smallest absolute Gasteiger partial charge is 0.227 e. The van der Waals surface area contributed by atoms with E-state index in [9.17, 15) is 9.59 Å². The molecule has 8 nitrogen and oxygen atoms in total. The Hall–Kier alpha value is -3.55. The van der Waals surface area contributed by atoms with Crippen LogP contribution in [0.4, 0.5) is 5.69 Å². The molecular weight excluding hydrogens is 384 g/mol. The van der Waals surface area contributed by atoms with Crippen LogP contribution in [0.1, 0.15) is 25.2 Å². The zero-order chi connectivity index (χ0) is 21.3. The lowest BCUT2D eigenvalue weighted by atomic mass is 10.1. The molecule has 1 saturated heterocycles. The Morgan fingerprint density at radius 1 is 1.23 bits per heavy atom. The summed E-state index contributed by atoms with van der Waals surface area (Å²) in [5.41, 5.74) is 2.40. The first-order chi connectivity index (χ1) is 14.5. The summed E-state index contributed by atoms with van der Waals surface area (Å²) in [6, 6.07) is 12.7. The maximum Gasteiger partial charge on any atom is 0.227 e. The van der Waals surface area contributed by atoms with E-state index in [0.717, 1.165) is 11.0 Å². The monoisotopic (exact) mass is 408 g/mol. The number of methoxy groups -OCH3 is 2. The largest absolute Gasteiger partial charge is 0.497 e. The van der Waals surface area contributed by atoms with Crippen molar-refractivity contribution < 1.29 is 19.1 Å². The highest BCUT2D eigenvalue weighted by molar-refractivity contribution is 6.01. The molecule has 1 aliphatic rings. The van der Waals surface area contributed by atoms with E-state index in [1.54, 1.807) is 30.2 Å². The van der Waals surface area contributed by atoms with Crippen LogP contribution in [0.5, 0.6) is 11.5 Å². The molecule has 0 bridgehead atoms. The lowest BCUT2D eigenvalue weighted by molar-refractivity contribution is -0.126. The van der Waals surface area contributed by atoms with Gasteiger partial charge in [-0.05, 0) is 31.2 Å². The number of imidazole rings is 1. The van der Waals surface area contributed by atoms with Crippen molar-refractivity contribution in [2.75, 3.05) is 25.7 Å². The molecule has 0 unspecified atom stereocenters. The van der Waals surface area contributed by atoms with Crippen molar-refractivity contribution in [2.24, 2.45) is 5.92 Å². The minimum absolute atomic E-state index is 0.116. The summed E-state index contributed by atoms with van der Waals surface area (Å²) in [7, 11) is 3.11. The minimum atomic E-state index is -0.448. The number of nitrogens with one attached hydrogen (secondary N) is 2. The molecule has 0 saturated carbocycles. The molecule has 8 heteroatoms. The predicted molar refractivity (Wildman–Crippen MR) is 113 cm³/mol. The lowest BCUT2D eigenvalue weighted by Crippen LogP contribution is -2.35. The Labute approximate surface area is 174 Å². The molecule has 0 aliphatic carbocycles. The summed E-state index contributed by atoms with van der Waals surface area (Å²) in [5, 5.41) is 2.98. The first kappa shape index (κ1) is 19.8. The maximum atomic E-state index is 12.8. The van der Waals surface area contributed by atoms with E-state index in [1.165, 1.54) is 7.11 Å². The second-order valence-electron chi connectivity index (χ2n) is 7.31. The van der Waals surface area contributed by atoms with Gasteiger partial charge in [-0.2, -0.15) is 0 Å². The van der Waals surface area contributed by atoms with E-state index < -0.39 is 5.92 Å². The number of hydrogen-bond donors (Lipinski definition) is 2. The van der Waals surface area contributed by atoms with Crippen LogP contribution in [0.3, 0.4) is 0 Å². The molecule has 1 aromatic heterocycles. The predicted octanol–water partition coefficient (Wildman–Crippen LogP) is 2.81. The number of rotatable bonds is 6. The second kappa shape index (κ2) is 8.06. The van der Waals surface area contributed by atoms with Crippen molar-refractivity contribution in [3.63, 3.8) is 0 Å². The highest BCUT2D eigenvalue weighted by Crippen LogP contribution is 2.36. The van der Waals surface area contributed by atoms with Gasteiger partial charge in [0.1, 0.15) is 17.3 Å². The zero-order valence-electron chi connectivity index (χ0n) is 17.1. The highest BCUT2D eigenvalue weighted by atomic mass is 16.5. The molecule has 30 heavy (non-hydrogen) atoms. The normalized spacial score (nSPS) is 17.2. The van der Waals surface area contributed by atoms with Crippen molar-refractivity contribution >= 4 is 28.5 Å². The fourth-order valence-electron chi connectivity index (χ4n) is 3.70. The van der Waals surface area contributed by atoms with Gasteiger partial charge >= 0.3 is 0 Å². The van der Waals surface area contributed by atoms with Gasteiger partial charge in [-0.3, -0.25) is 9.59 Å². The number of nitrogens with zero attached hydrogens (tertiary/aromatic N) is 2. The maximum absolute atomic E-state index is 12.8. The highest BCUT2D eigenvalue weighted by Gasteiger charge is 2.37. The molecule has 1 aliphatic heterocycles. The summed E-state index contributed by atoms with van der Waals surface area (Å²) in [5.74, 6) is 1.11. The van der Waals surface area contributed by atoms with Crippen molar-refractivity contribution in [1.29, 1.82) is 0 Å². The van der Waals surface area contributed by atoms with Crippen LogP contribution in [-0.2, 0) is 9.59 Å². The van der Waals surface area contributed by atoms with Crippen LogP contribution in [0.2, 0.25) is 0 Å². The number of para-hydroxylation sites is 2. The van der Waals surface area contributed by atoms with Crippen molar-refractivity contribution in [3.05, 3.63) is 48.3 Å². The number of ether oxygens (including phenoxy) is 2. The Kier molecular flexibility index (Phi) is 5.31. The summed E-state index contributed by atoms with van der Waals surface area (Å²) in [4.78, 5) is 34.8. The molecule has 156 valence electrons. The van der Waals surface area contributed by atoms with Gasteiger partial charge in [0.2, 0.25) is 11.8 Å². The van der Waals surface area contributed by atoms with Gasteiger partial charge in [-0.25, -0.2) is 4.98 Å². The van der Waals surface area contributed by atoms with Gasteiger partial charge < -0.3 is 24.7 Å². The summed E-state index contributed by atoms with van der Waals surface area (Å²) in [6.45, 7) is 2.16. The number of anilines is 1. The average Bonchev–Trinajstić information content (AvgIpc) is 3.37. The van der Waals surface area contributed by atoms with Gasteiger partial charge in [0.15, 0.2) is 0 Å². The molecule has 2 heterocycles. The van der Waals surface area contributed by atoms with Crippen LogP contribution < -0.4 is 19.7 Å². The van der Waals surface area contributed by atoms with E-state index in [1.807, 2.05) is 31.2 Å². The van der Waals surface area contributed by atoms with Gasteiger partial charge in [-0.1, -0.05) is 12.1 Å². The Bertz CT molecular complexity index is 1060. The van der Waals surface area contributed by atoms with Gasteiger partial charge in [0.05, 0.1) is 42.9 Å². The van der Waals surface area contributed by atoms with Crippen LogP contribution in [-0.4, -0.2) is 42.5 Å². The first-order valence-electron chi connectivity index (χ1n) is 9.77. The SMILES string of the molecule is COc1ccc(N2C[C@@H](C(=O)N[C@@H](C)c3nc4ccccc4[nH]3)CC2=O)c(OC)c1. The van der Waals surface area contributed by atoms with E-state index in [0.29, 0.717) is 29.6 Å². The number of hydrogen-bond acceptors (Lipinski definition) is 5. The zero-order valence-corrected chi connectivity index (χ0v) is 17.1. The second-order valence-corrected chi connectivity index (χ2v) is 7.31. The fourth-order valence-corrected chi connectivity index (χ4v) is 3.70. The average molecular weight is 408 g/mol. The number of benzene rings is 2. The van der Waals surface area contributed by atoms with E-state index >= 15 is 0 Å². The summed E-state index contributed by atoms with van der Waals surface area (Å²) in [6.07, 6.45) is 0.147. The third-order valence-electron chi connectivity index (χ3n) is 5.35. The van der Waals surface area contributed by atoms with Crippen molar-refractivity contribution in [2.45, 2.75) is 19.4 Å². The van der Waals surface area contributed by atoms with Crippen LogP contribution in [0.25, 0.3) is 11.0 Å². The number of amides is 2. The minimum Gasteiger partial charge on any atom is -0.497 e. The molecular formula is C22H24N4O4. The Morgan fingerprint density at radius 3 is 2.77 bits per heavy atom. The standard InChI is InChI=1S/C22H24N4O4/c1-13(21-24-16-6-4-5-7-17(16)25-21)23-22(28)14-10-20(27)26(12-14)18-9-8-15(29-2)11-19(18)30-3/h4-9,11,13-14H,10,12H2,1-3H3,(H,23,28)(H,24,25)/t13-,14-/m0/s1. The van der Waals surface area contributed by atoms with Crippen LogP contribution >= 0.6 is 0 Å². The molecule has 2 amide bonds. The van der Waals surface area contributed by atoms with Gasteiger partial charge in [0.25, 0.3) is 0 Å². The van der Waals surface area contributed by atoms with E-state index in [-0.39, 0.29) is 24.3 Å². The molecule has 2 aromatic carbocycles. The third kappa shape index (κ3) is 3.68. The molecule has 0 spiro atoms. The first-order valence-corrected chi connectivity index (χ1v) is 9.77. The lowest BCUT2D eigenvalue weighted by Gasteiger charge is -2.20. The van der Waals surface area contributed by atoms with Crippen molar-refractivity contribution in [3.8, 4) is 11.5 Å². The fraction of sp³-hybridized carbons (Fsp3) is 0.318. The number of H-pyrrole nitrogens is 1. The van der Waals surface area contributed by atoms with Gasteiger partial charge in [-0.15, -0.1) is 0 Å². The molecule has 4 rings (SSSR count). The summed E-state index contributed by atoms with van der Waals surface area (Å²) >= 11 is 0. The van der Waals surface area contributed by atoms with Gasteiger partial charge in [0, 0.05) is 19.0 Å². The number of aromatic amines is 1. The molecule has 3 aromatic rings. The molecule has 2 atom stereocenters. The number of aromatic nitrogens is 2. The molecule has 2 N–H and O–H groups in total.